The summed E-state index contributed by atoms with van der Waals surface area (Å²) in [5.74, 6) is -9.24. The van der Waals surface area contributed by atoms with Crippen LogP contribution in [-0.2, 0) is 15.0 Å². The van der Waals surface area contributed by atoms with Crippen LogP contribution in [0.1, 0.15) is 82.8 Å². The fraction of sp³-hybridized carbons (Fsp3) is 0.690. The second-order valence-electron chi connectivity index (χ2n) is 13.7. The van der Waals surface area contributed by atoms with Crippen molar-refractivity contribution in [3.63, 3.8) is 0 Å². The summed E-state index contributed by atoms with van der Waals surface area (Å²) >= 11 is 0. The summed E-state index contributed by atoms with van der Waals surface area (Å²) < 4.78 is 0. The van der Waals surface area contributed by atoms with Gasteiger partial charge in [-0.1, -0.05) is 55.4 Å². The minimum absolute atomic E-state index is 0.122. The lowest BCUT2D eigenvalue weighted by Gasteiger charge is -2.69. The van der Waals surface area contributed by atoms with Crippen molar-refractivity contribution in [2.24, 2.45) is 40.2 Å². The number of ketones is 2. The third-order valence-corrected chi connectivity index (χ3v) is 10.6. The highest BCUT2D eigenvalue weighted by Crippen LogP contribution is 2.68. The summed E-state index contributed by atoms with van der Waals surface area (Å²) in [6.45, 7) is 13.6. The van der Waals surface area contributed by atoms with Gasteiger partial charge in [0, 0.05) is 22.1 Å². The molecule has 2 unspecified atom stereocenters. The maximum absolute atomic E-state index is 14.3. The number of benzene rings is 1. The van der Waals surface area contributed by atoms with Crippen molar-refractivity contribution in [3.8, 4) is 5.75 Å². The fourth-order valence-electron chi connectivity index (χ4n) is 8.51. The third kappa shape index (κ3) is 3.26. The number of phenolic OH excluding ortho intramolecular Hbond substituents is 1. The van der Waals surface area contributed by atoms with Crippen LogP contribution in [0, 0.1) is 34.5 Å². The van der Waals surface area contributed by atoms with Crippen LogP contribution in [0.4, 0.5) is 5.69 Å². The van der Waals surface area contributed by atoms with Crippen LogP contribution in [-0.4, -0.2) is 66.9 Å². The lowest BCUT2D eigenvalue weighted by molar-refractivity contribution is -0.306. The number of nitrogens with two attached hydrogens (primary N) is 2. The van der Waals surface area contributed by atoms with Gasteiger partial charge in [0.15, 0.2) is 17.2 Å². The number of carbonyl (C=O) groups is 3. The molecule has 0 saturated heterocycles. The molecule has 3 aliphatic carbocycles. The molecule has 0 radical (unpaired) electrons. The van der Waals surface area contributed by atoms with E-state index in [0.717, 1.165) is 0 Å². The number of hydrogen-bond donors (Lipinski definition) is 7. The summed E-state index contributed by atoms with van der Waals surface area (Å²) in [6.07, 6.45) is -5.38. The number of phenols is 1. The molecule has 10 nitrogen and oxygen atoms in total. The number of hydrogen-bond acceptors (Lipinski definition) is 9. The van der Waals surface area contributed by atoms with Crippen LogP contribution in [0.25, 0.3) is 0 Å². The summed E-state index contributed by atoms with van der Waals surface area (Å²) in [5.41, 5.74) is 5.97. The molecule has 10 heteroatoms. The zero-order valence-electron chi connectivity index (χ0n) is 23.8. The Bertz CT molecular complexity index is 1270. The first-order chi connectivity index (χ1) is 17.6. The number of Topliss-reactive ketones (excluding diaryl/α,β-unsaturated/α-hetero) is 2. The number of nitrogen functional groups attached to an aromatic ring is 1. The Morgan fingerprint density at radius 2 is 1.64 bits per heavy atom. The van der Waals surface area contributed by atoms with Crippen molar-refractivity contribution in [1.82, 2.24) is 0 Å². The van der Waals surface area contributed by atoms with E-state index >= 15 is 0 Å². The quantitative estimate of drug-likeness (QED) is 0.160. The maximum Gasteiger partial charge on any atom is 0.230 e. The Hall–Kier alpha value is -2.53. The van der Waals surface area contributed by atoms with E-state index in [4.69, 9.17) is 11.5 Å². The molecule has 0 aromatic heterocycles. The number of aliphatic hydroxyl groups is 4. The summed E-state index contributed by atoms with van der Waals surface area (Å²) in [7, 11) is 0. The van der Waals surface area contributed by atoms with Gasteiger partial charge in [-0.05, 0) is 34.8 Å². The first-order valence-corrected chi connectivity index (χ1v) is 13.4. The predicted octanol–water partition coefficient (Wildman–Crippen LogP) is 0.984. The molecule has 10 atom stereocenters. The van der Waals surface area contributed by atoms with Crippen molar-refractivity contribution in [1.29, 1.82) is 0 Å². The zero-order chi connectivity index (χ0) is 29.9. The van der Waals surface area contributed by atoms with Gasteiger partial charge in [-0.2, -0.15) is 0 Å². The van der Waals surface area contributed by atoms with Gasteiger partial charge in [0.05, 0.1) is 23.7 Å². The molecule has 216 valence electrons. The first kappa shape index (κ1) is 29.5. The third-order valence-electron chi connectivity index (χ3n) is 10.6. The standard InChI is InChI=1S/C29H42N2O8/c1-10(2)17-21(34)16(24(31)37)22(35)29(39)23(36)18-20(33)15-14(11(3)27(18,7)25(38)28(17,29)8)13(30)9-12(19(15)32)26(4,5)6/h9-11,16-18,21,23,25,32,34,36,38-39H,30H2,1-8H3,(H2,31,37)/t11-,16-,17+,18-,21?,23?,25-,27+,28+,29+/m1/s1. The highest BCUT2D eigenvalue weighted by Gasteiger charge is 2.80. The Labute approximate surface area is 228 Å². The van der Waals surface area contributed by atoms with E-state index in [-0.39, 0.29) is 17.0 Å². The first-order valence-electron chi connectivity index (χ1n) is 13.4. The van der Waals surface area contributed by atoms with Crippen LogP contribution in [0.3, 0.4) is 0 Å². The lowest BCUT2D eigenvalue weighted by Crippen LogP contribution is -2.83. The van der Waals surface area contributed by atoms with E-state index in [1.807, 2.05) is 20.8 Å². The molecular formula is C29H42N2O8. The number of carbonyl (C=O) groups excluding carboxylic acids is 3. The molecule has 2 fully saturated rings. The number of amides is 1. The average molecular weight is 547 g/mol. The molecule has 3 aliphatic rings. The molecule has 1 amide bonds. The molecule has 0 aliphatic heterocycles. The van der Waals surface area contributed by atoms with E-state index in [1.54, 1.807) is 33.8 Å². The van der Waals surface area contributed by atoms with Gasteiger partial charge in [-0.15, -0.1) is 0 Å². The van der Waals surface area contributed by atoms with Gasteiger partial charge in [-0.3, -0.25) is 14.4 Å². The second-order valence-corrected chi connectivity index (χ2v) is 13.7. The molecule has 1 aromatic carbocycles. The van der Waals surface area contributed by atoms with Crippen molar-refractivity contribution in [3.05, 3.63) is 22.8 Å². The maximum atomic E-state index is 14.3. The number of fused-ring (bicyclic) bond motifs is 3. The van der Waals surface area contributed by atoms with E-state index in [1.165, 1.54) is 6.92 Å². The van der Waals surface area contributed by atoms with Crippen molar-refractivity contribution >= 4 is 23.2 Å². The van der Waals surface area contributed by atoms with Crippen LogP contribution >= 0.6 is 0 Å². The normalized spacial score (nSPS) is 42.1. The number of aromatic hydroxyl groups is 1. The summed E-state index contributed by atoms with van der Waals surface area (Å²) in [4.78, 5) is 40.5. The van der Waals surface area contributed by atoms with Crippen LogP contribution in [0.15, 0.2) is 6.07 Å². The zero-order valence-corrected chi connectivity index (χ0v) is 23.8. The molecule has 0 bridgehead atoms. The molecule has 9 N–H and O–H groups in total. The van der Waals surface area contributed by atoms with Crippen molar-refractivity contribution in [2.45, 2.75) is 90.6 Å². The fourth-order valence-corrected chi connectivity index (χ4v) is 8.51. The molecule has 2 saturated carbocycles. The van der Waals surface area contributed by atoms with E-state index in [0.29, 0.717) is 11.1 Å². The van der Waals surface area contributed by atoms with Gasteiger partial charge in [-0.25, -0.2) is 0 Å². The SMILES string of the molecule is CC(C)[C@H]1C(O)[C@@H](C(N)=O)C(=O)[C@]2(O)C(O)[C@H]3C(=O)c4c(O)c(C(C)(C)C)cc(N)c4[C@@H](C)[C@]3(C)[C@@H](O)[C@]12C. The molecule has 0 heterocycles. The monoisotopic (exact) mass is 546 g/mol. The number of aliphatic hydroxyl groups excluding tert-OH is 3. The lowest BCUT2D eigenvalue weighted by atomic mass is 9.36. The minimum Gasteiger partial charge on any atom is -0.507 e. The summed E-state index contributed by atoms with van der Waals surface area (Å²) in [5, 5.41) is 58.9. The van der Waals surface area contributed by atoms with Gasteiger partial charge < -0.3 is 37.0 Å². The molecule has 4 rings (SSSR count). The van der Waals surface area contributed by atoms with Crippen LogP contribution < -0.4 is 11.5 Å². The van der Waals surface area contributed by atoms with Crippen molar-refractivity contribution < 1.29 is 39.9 Å². The van der Waals surface area contributed by atoms with Crippen LogP contribution in [0.5, 0.6) is 5.75 Å². The van der Waals surface area contributed by atoms with Gasteiger partial charge >= 0.3 is 0 Å². The van der Waals surface area contributed by atoms with E-state index in [2.05, 4.69) is 0 Å². The predicted molar refractivity (Wildman–Crippen MR) is 143 cm³/mol. The number of primary amides is 1. The van der Waals surface area contributed by atoms with E-state index in [9.17, 15) is 39.9 Å². The Morgan fingerprint density at radius 1 is 1.10 bits per heavy atom. The van der Waals surface area contributed by atoms with Crippen LogP contribution in [0.2, 0.25) is 0 Å². The molecular weight excluding hydrogens is 504 g/mol. The molecule has 1 aromatic rings. The Kier molecular flexibility index (Phi) is 6.41. The Morgan fingerprint density at radius 3 is 2.10 bits per heavy atom. The molecule has 0 spiro atoms. The highest BCUT2D eigenvalue weighted by atomic mass is 16.4. The van der Waals surface area contributed by atoms with Gasteiger partial charge in [0.2, 0.25) is 5.91 Å². The van der Waals surface area contributed by atoms with Gasteiger partial charge in [0.1, 0.15) is 17.8 Å². The molecule has 39 heavy (non-hydrogen) atoms. The topological polar surface area (TPSA) is 204 Å². The van der Waals surface area contributed by atoms with E-state index < -0.39 is 87.2 Å². The second kappa shape index (κ2) is 8.49. The largest absolute Gasteiger partial charge is 0.507 e. The number of anilines is 1. The Balaban J connectivity index is 2.08. The smallest absolute Gasteiger partial charge is 0.230 e. The number of rotatable bonds is 2. The van der Waals surface area contributed by atoms with Crippen molar-refractivity contribution in [2.75, 3.05) is 5.73 Å². The summed E-state index contributed by atoms with van der Waals surface area (Å²) in [6, 6.07) is 1.60. The average Bonchev–Trinajstić information content (AvgIpc) is 2.79. The minimum atomic E-state index is -2.82. The highest BCUT2D eigenvalue weighted by molar-refractivity contribution is 6.10. The van der Waals surface area contributed by atoms with Gasteiger partial charge in [0.25, 0.3) is 0 Å².